The number of hydrogen-bond acceptors (Lipinski definition) is 7. The Hall–Kier alpha value is -2.74. The molecule has 8 nitrogen and oxygen atoms in total. The van der Waals surface area contributed by atoms with Gasteiger partial charge in [0.25, 0.3) is 0 Å². The summed E-state index contributed by atoms with van der Waals surface area (Å²) in [6, 6.07) is 9.92. The molecule has 0 fully saturated rings. The molecule has 0 saturated heterocycles. The molecule has 182 valence electrons. The maximum atomic E-state index is 12.7. The maximum Gasteiger partial charge on any atom is 0.416 e. The molecule has 0 aliphatic rings. The van der Waals surface area contributed by atoms with E-state index in [9.17, 15) is 26.7 Å². The first-order valence-electron chi connectivity index (χ1n) is 9.91. The van der Waals surface area contributed by atoms with E-state index in [1.54, 1.807) is 13.0 Å². The Balaban J connectivity index is 1.71. The molecule has 1 heterocycles. The third-order valence-electron chi connectivity index (χ3n) is 4.55. The number of nitrogens with one attached hydrogen (secondary N) is 3. The first-order chi connectivity index (χ1) is 16.0. The SMILES string of the molecule is C[C@H](CO)Nc1nc(Nc2cccc(S(=O)(=O)NCc3ccc(C(F)(F)F)cc3)c2)ncc1Br. The van der Waals surface area contributed by atoms with E-state index in [2.05, 4.69) is 41.3 Å². The molecular formula is C21H21BrF3N5O3S. The number of aliphatic hydroxyl groups is 1. The Kier molecular flexibility index (Phi) is 8.13. The second kappa shape index (κ2) is 10.7. The number of rotatable bonds is 9. The van der Waals surface area contributed by atoms with Crippen molar-refractivity contribution in [1.82, 2.24) is 14.7 Å². The predicted octanol–water partition coefficient (Wildman–Crippen LogP) is 4.27. The summed E-state index contributed by atoms with van der Waals surface area (Å²) in [6.07, 6.45) is -2.95. The van der Waals surface area contributed by atoms with Crippen LogP contribution in [-0.4, -0.2) is 36.1 Å². The zero-order chi connectivity index (χ0) is 24.9. The van der Waals surface area contributed by atoms with Crippen LogP contribution >= 0.6 is 15.9 Å². The summed E-state index contributed by atoms with van der Waals surface area (Å²) in [5, 5.41) is 15.1. The number of nitrogens with zero attached hydrogens (tertiary/aromatic N) is 2. The van der Waals surface area contributed by atoms with Crippen LogP contribution in [0.25, 0.3) is 0 Å². The van der Waals surface area contributed by atoms with Gasteiger partial charge in [-0.1, -0.05) is 18.2 Å². The number of anilines is 3. The van der Waals surface area contributed by atoms with E-state index < -0.39 is 21.8 Å². The summed E-state index contributed by atoms with van der Waals surface area (Å²) >= 11 is 3.32. The predicted molar refractivity (Wildman–Crippen MR) is 125 cm³/mol. The van der Waals surface area contributed by atoms with Crippen molar-refractivity contribution in [3.8, 4) is 0 Å². The Bertz CT molecular complexity index is 1240. The summed E-state index contributed by atoms with van der Waals surface area (Å²) in [5.74, 6) is 0.643. The molecule has 0 bridgehead atoms. The second-order valence-corrected chi connectivity index (χ2v) is 9.91. The minimum Gasteiger partial charge on any atom is -0.394 e. The van der Waals surface area contributed by atoms with Gasteiger partial charge in [-0.15, -0.1) is 0 Å². The second-order valence-electron chi connectivity index (χ2n) is 7.29. The number of benzene rings is 2. The first-order valence-corrected chi connectivity index (χ1v) is 12.2. The van der Waals surface area contributed by atoms with Gasteiger partial charge in [-0.2, -0.15) is 18.2 Å². The van der Waals surface area contributed by atoms with E-state index in [0.29, 0.717) is 21.5 Å². The van der Waals surface area contributed by atoms with Gasteiger partial charge in [0.1, 0.15) is 5.82 Å². The van der Waals surface area contributed by atoms with E-state index in [1.807, 2.05) is 0 Å². The van der Waals surface area contributed by atoms with E-state index in [-0.39, 0.29) is 30.0 Å². The zero-order valence-electron chi connectivity index (χ0n) is 17.8. The lowest BCUT2D eigenvalue weighted by Gasteiger charge is -2.14. The molecule has 34 heavy (non-hydrogen) atoms. The number of hydrogen-bond donors (Lipinski definition) is 4. The Morgan fingerprint density at radius 1 is 1.15 bits per heavy atom. The van der Waals surface area contributed by atoms with Crippen LogP contribution in [0.2, 0.25) is 0 Å². The molecule has 3 aromatic rings. The summed E-state index contributed by atoms with van der Waals surface area (Å²) in [4.78, 5) is 8.41. The van der Waals surface area contributed by atoms with E-state index in [4.69, 9.17) is 0 Å². The summed E-state index contributed by atoms with van der Waals surface area (Å²) < 4.78 is 66.4. The van der Waals surface area contributed by atoms with Crippen LogP contribution < -0.4 is 15.4 Å². The standard InChI is InChI=1S/C21H21BrF3N5O3S/c1-13(12-31)28-19-18(22)11-26-20(30-19)29-16-3-2-4-17(9-16)34(32,33)27-10-14-5-7-15(8-6-14)21(23,24)25/h2-9,11,13,27,31H,10,12H2,1H3,(H2,26,28,29,30)/t13-/m1/s1. The highest BCUT2D eigenvalue weighted by atomic mass is 79.9. The van der Waals surface area contributed by atoms with Crippen molar-refractivity contribution in [1.29, 1.82) is 0 Å². The van der Waals surface area contributed by atoms with Crippen molar-refractivity contribution >= 4 is 43.4 Å². The Morgan fingerprint density at radius 2 is 1.85 bits per heavy atom. The smallest absolute Gasteiger partial charge is 0.394 e. The van der Waals surface area contributed by atoms with Gasteiger partial charge in [0.2, 0.25) is 16.0 Å². The highest BCUT2D eigenvalue weighted by molar-refractivity contribution is 9.10. The Morgan fingerprint density at radius 3 is 2.50 bits per heavy atom. The van der Waals surface area contributed by atoms with Gasteiger partial charge in [-0.05, 0) is 58.7 Å². The van der Waals surface area contributed by atoms with Crippen molar-refractivity contribution in [3.05, 3.63) is 70.3 Å². The number of halogens is 4. The summed E-state index contributed by atoms with van der Waals surface area (Å²) in [7, 11) is -3.95. The topological polar surface area (TPSA) is 116 Å². The maximum absolute atomic E-state index is 12.7. The fourth-order valence-corrected chi connectivity index (χ4v) is 4.12. The average Bonchev–Trinajstić information content (AvgIpc) is 2.80. The molecule has 0 radical (unpaired) electrons. The normalized spacial score (nSPS) is 12.9. The van der Waals surface area contributed by atoms with Gasteiger partial charge in [0.05, 0.1) is 21.5 Å². The molecule has 0 amide bonds. The van der Waals surface area contributed by atoms with Gasteiger partial charge in [-0.3, -0.25) is 0 Å². The monoisotopic (exact) mass is 559 g/mol. The molecule has 0 saturated carbocycles. The van der Waals surface area contributed by atoms with Crippen LogP contribution in [0, 0.1) is 0 Å². The lowest BCUT2D eigenvalue weighted by atomic mass is 10.1. The van der Waals surface area contributed by atoms with Crippen molar-refractivity contribution in [2.24, 2.45) is 0 Å². The van der Waals surface area contributed by atoms with Gasteiger partial charge >= 0.3 is 6.18 Å². The third-order valence-corrected chi connectivity index (χ3v) is 6.53. The molecule has 4 N–H and O–H groups in total. The fraction of sp³-hybridized carbons (Fsp3) is 0.238. The van der Waals surface area contributed by atoms with E-state index >= 15 is 0 Å². The molecule has 0 aliphatic heterocycles. The molecule has 1 aromatic heterocycles. The van der Waals surface area contributed by atoms with Crippen molar-refractivity contribution in [3.63, 3.8) is 0 Å². The minimum absolute atomic E-state index is 0.0474. The molecule has 13 heteroatoms. The number of aliphatic hydroxyl groups excluding tert-OH is 1. The zero-order valence-corrected chi connectivity index (χ0v) is 20.2. The van der Waals surface area contributed by atoms with Crippen molar-refractivity contribution < 1.29 is 26.7 Å². The van der Waals surface area contributed by atoms with Crippen molar-refractivity contribution in [2.75, 3.05) is 17.2 Å². The molecular weight excluding hydrogens is 539 g/mol. The van der Waals surface area contributed by atoms with Gasteiger partial charge < -0.3 is 15.7 Å². The quantitative estimate of drug-likeness (QED) is 0.309. The molecule has 0 aliphatic carbocycles. The number of sulfonamides is 1. The van der Waals surface area contributed by atoms with Gasteiger partial charge in [0.15, 0.2) is 0 Å². The summed E-state index contributed by atoms with van der Waals surface area (Å²) in [6.45, 7) is 1.50. The molecule has 0 spiro atoms. The fourth-order valence-electron chi connectivity index (χ4n) is 2.75. The largest absolute Gasteiger partial charge is 0.416 e. The molecule has 1 atom stereocenters. The van der Waals surface area contributed by atoms with Crippen LogP contribution in [0.4, 0.5) is 30.6 Å². The lowest BCUT2D eigenvalue weighted by Crippen LogP contribution is -2.23. The van der Waals surface area contributed by atoms with Crippen LogP contribution in [0.3, 0.4) is 0 Å². The lowest BCUT2D eigenvalue weighted by molar-refractivity contribution is -0.137. The molecule has 2 aromatic carbocycles. The van der Waals surface area contributed by atoms with E-state index in [0.717, 1.165) is 12.1 Å². The number of alkyl halides is 3. The number of aromatic nitrogens is 2. The third kappa shape index (κ3) is 6.88. The highest BCUT2D eigenvalue weighted by Crippen LogP contribution is 2.29. The van der Waals surface area contributed by atoms with Crippen LogP contribution in [0.15, 0.2) is 64.1 Å². The van der Waals surface area contributed by atoms with Crippen LogP contribution in [0.1, 0.15) is 18.1 Å². The summed E-state index contributed by atoms with van der Waals surface area (Å²) in [5.41, 5.74) is -0.0237. The van der Waals surface area contributed by atoms with E-state index in [1.165, 1.54) is 36.5 Å². The first kappa shape index (κ1) is 25.9. The van der Waals surface area contributed by atoms with Crippen LogP contribution in [0.5, 0.6) is 0 Å². The molecule has 3 rings (SSSR count). The molecule has 0 unspecified atom stereocenters. The average molecular weight is 560 g/mol. The minimum atomic E-state index is -4.46. The van der Waals surface area contributed by atoms with Crippen LogP contribution in [-0.2, 0) is 22.7 Å². The van der Waals surface area contributed by atoms with Gasteiger partial charge in [-0.25, -0.2) is 18.1 Å². The highest BCUT2D eigenvalue weighted by Gasteiger charge is 2.30. The Labute approximate surface area is 202 Å². The van der Waals surface area contributed by atoms with Gasteiger partial charge in [0, 0.05) is 24.5 Å². The van der Waals surface area contributed by atoms with Crippen molar-refractivity contribution in [2.45, 2.75) is 30.6 Å².